The molecule has 1 aliphatic heterocycles. The van der Waals surface area contributed by atoms with Gasteiger partial charge in [-0.15, -0.1) is 0 Å². The van der Waals surface area contributed by atoms with E-state index in [9.17, 15) is 10.1 Å². The van der Waals surface area contributed by atoms with Gasteiger partial charge in [0.2, 0.25) is 11.8 Å². The second-order valence-corrected chi connectivity index (χ2v) is 5.71. The molecule has 0 saturated carbocycles. The Bertz CT molecular complexity index is 451. The lowest BCUT2D eigenvalue weighted by atomic mass is 10.2. The standard InChI is InChI=1S/C11H17N5O2S/c1-12-11-14-7-9(16(17)18)10(15-11)13-6-8-4-2-3-5-19-8/h7-8H,2-6H2,1H3,(H2,12,13,14,15). The molecule has 8 heteroatoms. The fraction of sp³-hybridized carbons (Fsp3) is 0.636. The average molecular weight is 283 g/mol. The van der Waals surface area contributed by atoms with Gasteiger partial charge in [-0.2, -0.15) is 16.7 Å². The molecule has 0 bridgehead atoms. The predicted octanol–water partition coefficient (Wildman–Crippen LogP) is 2.12. The minimum atomic E-state index is -0.463. The normalized spacial score (nSPS) is 18.9. The van der Waals surface area contributed by atoms with E-state index in [2.05, 4.69) is 20.6 Å². The minimum absolute atomic E-state index is 0.0835. The first-order chi connectivity index (χ1) is 9.20. The Hall–Kier alpha value is -1.57. The smallest absolute Gasteiger partial charge is 0.329 e. The lowest BCUT2D eigenvalue weighted by molar-refractivity contribution is -0.384. The van der Waals surface area contributed by atoms with Gasteiger partial charge in [-0.05, 0) is 18.6 Å². The molecule has 1 unspecified atom stereocenters. The van der Waals surface area contributed by atoms with Gasteiger partial charge in [-0.25, -0.2) is 4.98 Å². The van der Waals surface area contributed by atoms with Crippen LogP contribution in [0.4, 0.5) is 17.5 Å². The van der Waals surface area contributed by atoms with E-state index in [1.165, 1.54) is 24.8 Å². The molecule has 0 amide bonds. The molecule has 0 spiro atoms. The maximum absolute atomic E-state index is 10.9. The fourth-order valence-electron chi connectivity index (χ4n) is 1.94. The SMILES string of the molecule is CNc1ncc([N+](=O)[O-])c(NCC2CCCCS2)n1. The highest BCUT2D eigenvalue weighted by Crippen LogP contribution is 2.27. The number of rotatable bonds is 5. The Morgan fingerprint density at radius 1 is 1.58 bits per heavy atom. The lowest BCUT2D eigenvalue weighted by Crippen LogP contribution is -2.21. The molecular formula is C11H17N5O2S. The maximum atomic E-state index is 10.9. The Morgan fingerprint density at radius 3 is 3.05 bits per heavy atom. The fourth-order valence-corrected chi connectivity index (χ4v) is 3.18. The molecule has 2 N–H and O–H groups in total. The van der Waals surface area contributed by atoms with Crippen LogP contribution in [0.5, 0.6) is 0 Å². The van der Waals surface area contributed by atoms with Gasteiger partial charge in [0.25, 0.3) is 0 Å². The van der Waals surface area contributed by atoms with E-state index in [0.29, 0.717) is 17.7 Å². The van der Waals surface area contributed by atoms with Crippen molar-refractivity contribution in [1.29, 1.82) is 0 Å². The van der Waals surface area contributed by atoms with Gasteiger partial charge in [0, 0.05) is 18.8 Å². The number of thioether (sulfide) groups is 1. The van der Waals surface area contributed by atoms with Gasteiger partial charge < -0.3 is 10.6 Å². The average Bonchev–Trinajstić information content (AvgIpc) is 2.45. The van der Waals surface area contributed by atoms with Crippen molar-refractivity contribution < 1.29 is 4.92 Å². The highest BCUT2D eigenvalue weighted by Gasteiger charge is 2.19. The van der Waals surface area contributed by atoms with E-state index in [1.54, 1.807) is 7.05 Å². The van der Waals surface area contributed by atoms with Crippen molar-refractivity contribution in [3.63, 3.8) is 0 Å². The monoisotopic (exact) mass is 283 g/mol. The van der Waals surface area contributed by atoms with E-state index in [4.69, 9.17) is 0 Å². The van der Waals surface area contributed by atoms with Crippen LogP contribution >= 0.6 is 11.8 Å². The van der Waals surface area contributed by atoms with Crippen molar-refractivity contribution in [3.05, 3.63) is 16.3 Å². The number of hydrogen-bond donors (Lipinski definition) is 2. The number of nitrogens with zero attached hydrogens (tertiary/aromatic N) is 3. The summed E-state index contributed by atoms with van der Waals surface area (Å²) < 4.78 is 0. The molecule has 1 saturated heterocycles. The van der Waals surface area contributed by atoms with Crippen LogP contribution in [-0.2, 0) is 0 Å². The van der Waals surface area contributed by atoms with Gasteiger partial charge in [0.1, 0.15) is 6.20 Å². The summed E-state index contributed by atoms with van der Waals surface area (Å²) >= 11 is 1.92. The zero-order chi connectivity index (χ0) is 13.7. The molecule has 1 aliphatic rings. The number of anilines is 2. The third-order valence-electron chi connectivity index (χ3n) is 2.96. The van der Waals surface area contributed by atoms with Crippen molar-refractivity contribution in [2.24, 2.45) is 0 Å². The summed E-state index contributed by atoms with van der Waals surface area (Å²) in [5.41, 5.74) is -0.0835. The molecule has 0 aliphatic carbocycles. The van der Waals surface area contributed by atoms with Crippen molar-refractivity contribution in [2.45, 2.75) is 24.5 Å². The minimum Gasteiger partial charge on any atom is -0.363 e. The molecule has 1 aromatic rings. The van der Waals surface area contributed by atoms with E-state index in [1.807, 2.05) is 11.8 Å². The Morgan fingerprint density at radius 2 is 2.42 bits per heavy atom. The summed E-state index contributed by atoms with van der Waals surface area (Å²) in [6.07, 6.45) is 4.87. The van der Waals surface area contributed by atoms with Gasteiger partial charge in [0.05, 0.1) is 4.92 Å². The van der Waals surface area contributed by atoms with Gasteiger partial charge in [-0.3, -0.25) is 10.1 Å². The number of nitrogens with one attached hydrogen (secondary N) is 2. The van der Waals surface area contributed by atoms with Crippen LogP contribution in [0, 0.1) is 10.1 Å². The number of nitro groups is 1. The molecule has 1 fully saturated rings. The van der Waals surface area contributed by atoms with Gasteiger partial charge in [-0.1, -0.05) is 6.42 Å². The van der Waals surface area contributed by atoms with Crippen LogP contribution < -0.4 is 10.6 Å². The van der Waals surface area contributed by atoms with E-state index in [0.717, 1.165) is 6.42 Å². The number of hydrogen-bond acceptors (Lipinski definition) is 7. The second kappa shape index (κ2) is 6.55. The Kier molecular flexibility index (Phi) is 4.78. The quantitative estimate of drug-likeness (QED) is 0.631. The van der Waals surface area contributed by atoms with Crippen LogP contribution in [0.1, 0.15) is 19.3 Å². The topological polar surface area (TPSA) is 93.0 Å². The summed E-state index contributed by atoms with van der Waals surface area (Å²) in [6, 6.07) is 0. The first-order valence-electron chi connectivity index (χ1n) is 6.25. The largest absolute Gasteiger partial charge is 0.363 e. The molecule has 1 atom stereocenters. The highest BCUT2D eigenvalue weighted by atomic mass is 32.2. The van der Waals surface area contributed by atoms with Crippen molar-refractivity contribution in [1.82, 2.24) is 9.97 Å². The molecule has 0 radical (unpaired) electrons. The van der Waals surface area contributed by atoms with Crippen LogP contribution in [0.25, 0.3) is 0 Å². The van der Waals surface area contributed by atoms with E-state index >= 15 is 0 Å². The predicted molar refractivity (Wildman–Crippen MR) is 76.8 cm³/mol. The highest BCUT2D eigenvalue weighted by molar-refractivity contribution is 7.99. The van der Waals surface area contributed by atoms with Crippen molar-refractivity contribution in [3.8, 4) is 0 Å². The first-order valence-corrected chi connectivity index (χ1v) is 7.30. The summed E-state index contributed by atoms with van der Waals surface area (Å²) in [6.45, 7) is 0.700. The second-order valence-electron chi connectivity index (χ2n) is 4.30. The molecular weight excluding hydrogens is 266 g/mol. The molecule has 104 valence electrons. The molecule has 7 nitrogen and oxygen atoms in total. The zero-order valence-electron chi connectivity index (χ0n) is 10.8. The Labute approximate surface area is 115 Å². The molecule has 2 rings (SSSR count). The zero-order valence-corrected chi connectivity index (χ0v) is 11.6. The van der Waals surface area contributed by atoms with E-state index < -0.39 is 4.92 Å². The number of aromatic nitrogens is 2. The first kappa shape index (κ1) is 13.9. The van der Waals surface area contributed by atoms with Gasteiger partial charge in [0.15, 0.2) is 0 Å². The van der Waals surface area contributed by atoms with Crippen molar-refractivity contribution >= 4 is 29.2 Å². The third kappa shape index (κ3) is 3.69. The molecule has 2 heterocycles. The maximum Gasteiger partial charge on any atom is 0.329 e. The Balaban J connectivity index is 2.06. The summed E-state index contributed by atoms with van der Waals surface area (Å²) in [7, 11) is 1.68. The van der Waals surface area contributed by atoms with Crippen LogP contribution in [0.15, 0.2) is 6.20 Å². The summed E-state index contributed by atoms with van der Waals surface area (Å²) in [5, 5.41) is 17.3. The van der Waals surface area contributed by atoms with Crippen LogP contribution in [-0.4, -0.2) is 39.5 Å². The van der Waals surface area contributed by atoms with Crippen LogP contribution in [0.3, 0.4) is 0 Å². The van der Waals surface area contributed by atoms with Crippen LogP contribution in [0.2, 0.25) is 0 Å². The third-order valence-corrected chi connectivity index (χ3v) is 4.36. The van der Waals surface area contributed by atoms with Crippen molar-refractivity contribution in [2.75, 3.05) is 30.0 Å². The summed E-state index contributed by atoms with van der Waals surface area (Å²) in [5.74, 6) is 1.83. The molecule has 0 aromatic carbocycles. The molecule has 19 heavy (non-hydrogen) atoms. The van der Waals surface area contributed by atoms with Gasteiger partial charge >= 0.3 is 5.69 Å². The lowest BCUT2D eigenvalue weighted by Gasteiger charge is -2.21. The van der Waals surface area contributed by atoms with E-state index in [-0.39, 0.29) is 11.5 Å². The molecule has 1 aromatic heterocycles. The summed E-state index contributed by atoms with van der Waals surface area (Å²) in [4.78, 5) is 18.4.